The van der Waals surface area contributed by atoms with Gasteiger partial charge in [-0.1, -0.05) is 22.4 Å². The van der Waals surface area contributed by atoms with Gasteiger partial charge in [-0.3, -0.25) is 0 Å². The number of nitrogens with one attached hydrogen (secondary N) is 1. The fraction of sp³-hybridized carbons (Fsp3) is 0.571. The van der Waals surface area contributed by atoms with Crippen LogP contribution in [0.5, 0.6) is 0 Å². The molecule has 0 amide bonds. The fourth-order valence-electron chi connectivity index (χ4n) is 1.82. The molecule has 102 valence electrons. The topological polar surface area (TPSA) is 12.0 Å². The van der Waals surface area contributed by atoms with Crippen LogP contribution in [0.3, 0.4) is 0 Å². The van der Waals surface area contributed by atoms with Crippen molar-refractivity contribution in [2.45, 2.75) is 32.2 Å². The first-order chi connectivity index (χ1) is 8.65. The van der Waals surface area contributed by atoms with Crippen LogP contribution in [0, 0.1) is 5.82 Å². The summed E-state index contributed by atoms with van der Waals surface area (Å²) in [6.07, 6.45) is 5.79. The van der Waals surface area contributed by atoms with Crippen molar-refractivity contribution < 1.29 is 4.39 Å². The lowest BCUT2D eigenvalue weighted by Gasteiger charge is -2.15. The van der Waals surface area contributed by atoms with Crippen molar-refractivity contribution in [3.05, 3.63) is 34.1 Å². The zero-order valence-corrected chi connectivity index (χ0v) is 13.4. The van der Waals surface area contributed by atoms with E-state index in [2.05, 4.69) is 27.5 Å². The second kappa shape index (κ2) is 8.94. The highest BCUT2D eigenvalue weighted by Crippen LogP contribution is 2.21. The maximum atomic E-state index is 13.6. The average molecular weight is 334 g/mol. The van der Waals surface area contributed by atoms with Gasteiger partial charge in [0.15, 0.2) is 0 Å². The van der Waals surface area contributed by atoms with Gasteiger partial charge in [-0.2, -0.15) is 11.8 Å². The maximum absolute atomic E-state index is 13.6. The van der Waals surface area contributed by atoms with Crippen LogP contribution in [0.4, 0.5) is 4.39 Å². The second-order valence-electron chi connectivity index (χ2n) is 4.40. The summed E-state index contributed by atoms with van der Waals surface area (Å²) in [4.78, 5) is 0. The first-order valence-corrected chi connectivity index (χ1v) is 8.51. The van der Waals surface area contributed by atoms with Crippen LogP contribution in [0.1, 0.15) is 37.8 Å². The van der Waals surface area contributed by atoms with Crippen LogP contribution in [-0.2, 0) is 0 Å². The molecule has 0 radical (unpaired) electrons. The Bertz CT molecular complexity index is 360. The van der Waals surface area contributed by atoms with Crippen LogP contribution < -0.4 is 5.32 Å². The quantitative estimate of drug-likeness (QED) is 0.687. The Balaban J connectivity index is 2.31. The lowest BCUT2D eigenvalue weighted by Crippen LogP contribution is -2.20. The summed E-state index contributed by atoms with van der Waals surface area (Å²) < 4.78 is 14.6. The summed E-state index contributed by atoms with van der Waals surface area (Å²) in [5, 5.41) is 3.38. The predicted octanol–water partition coefficient (Wildman–Crippen LogP) is 4.77. The van der Waals surface area contributed by atoms with Gasteiger partial charge in [0.2, 0.25) is 0 Å². The van der Waals surface area contributed by atoms with Gasteiger partial charge in [-0.25, -0.2) is 4.39 Å². The molecule has 4 heteroatoms. The lowest BCUT2D eigenvalue weighted by molar-refractivity contribution is 0.513. The Hall–Kier alpha value is -0.0600. The Kier molecular flexibility index (Phi) is 7.95. The molecule has 0 bridgehead atoms. The predicted molar refractivity (Wildman–Crippen MR) is 82.8 cm³/mol. The molecule has 1 aromatic rings. The Morgan fingerprint density at radius 1 is 1.33 bits per heavy atom. The first-order valence-electron chi connectivity index (χ1n) is 6.32. The first kappa shape index (κ1) is 16.0. The third kappa shape index (κ3) is 5.72. The van der Waals surface area contributed by atoms with E-state index >= 15 is 0 Å². The molecule has 0 heterocycles. The van der Waals surface area contributed by atoms with E-state index in [0.717, 1.165) is 23.0 Å². The normalized spacial score (nSPS) is 12.7. The van der Waals surface area contributed by atoms with Crippen molar-refractivity contribution in [3.8, 4) is 0 Å². The van der Waals surface area contributed by atoms with Gasteiger partial charge in [0.1, 0.15) is 5.82 Å². The second-order valence-corrected chi connectivity index (χ2v) is 6.30. The van der Waals surface area contributed by atoms with E-state index in [9.17, 15) is 4.39 Å². The molecule has 0 fully saturated rings. The van der Waals surface area contributed by atoms with E-state index in [1.165, 1.54) is 24.7 Å². The molecule has 1 nitrogen and oxygen atoms in total. The average Bonchev–Trinajstić information content (AvgIpc) is 2.36. The minimum Gasteiger partial charge on any atom is -0.310 e. The summed E-state index contributed by atoms with van der Waals surface area (Å²) >= 11 is 5.27. The van der Waals surface area contributed by atoms with Crippen molar-refractivity contribution in [2.75, 3.05) is 18.6 Å². The van der Waals surface area contributed by atoms with Crippen LogP contribution >= 0.6 is 27.7 Å². The van der Waals surface area contributed by atoms with E-state index in [1.807, 2.05) is 24.8 Å². The largest absolute Gasteiger partial charge is 0.310 e. The summed E-state index contributed by atoms with van der Waals surface area (Å²) in [6.45, 7) is 2.95. The zero-order chi connectivity index (χ0) is 13.4. The molecule has 0 aromatic heterocycles. The molecular weight excluding hydrogens is 313 g/mol. The van der Waals surface area contributed by atoms with E-state index < -0.39 is 0 Å². The van der Waals surface area contributed by atoms with Crippen LogP contribution in [0.2, 0.25) is 0 Å². The van der Waals surface area contributed by atoms with Crippen molar-refractivity contribution >= 4 is 27.7 Å². The van der Waals surface area contributed by atoms with Gasteiger partial charge >= 0.3 is 0 Å². The molecule has 0 saturated heterocycles. The smallest absolute Gasteiger partial charge is 0.128 e. The number of thioether (sulfide) groups is 1. The van der Waals surface area contributed by atoms with E-state index in [0.29, 0.717) is 0 Å². The summed E-state index contributed by atoms with van der Waals surface area (Å²) in [7, 11) is 0. The molecule has 1 N–H and O–H groups in total. The van der Waals surface area contributed by atoms with E-state index in [4.69, 9.17) is 0 Å². The van der Waals surface area contributed by atoms with Crippen molar-refractivity contribution in [1.29, 1.82) is 0 Å². The van der Waals surface area contributed by atoms with Gasteiger partial charge < -0.3 is 5.32 Å². The Labute approximate surface area is 122 Å². The van der Waals surface area contributed by atoms with E-state index in [1.54, 1.807) is 6.07 Å². The fourth-order valence-corrected chi connectivity index (χ4v) is 2.69. The molecule has 0 aliphatic rings. The van der Waals surface area contributed by atoms with Gasteiger partial charge in [0.05, 0.1) is 0 Å². The van der Waals surface area contributed by atoms with Gasteiger partial charge in [0.25, 0.3) is 0 Å². The van der Waals surface area contributed by atoms with Gasteiger partial charge in [-0.15, -0.1) is 0 Å². The summed E-state index contributed by atoms with van der Waals surface area (Å²) in [5.74, 6) is 1.09. The standard InChI is InChI=1S/C14H21BrFNS/c1-11(17-8-4-3-5-9-18-2)13-10-12(15)6-7-14(13)16/h6-7,10-11,17H,3-5,8-9H2,1-2H3. The number of rotatable bonds is 8. The molecule has 0 aliphatic carbocycles. The maximum Gasteiger partial charge on any atom is 0.128 e. The van der Waals surface area contributed by atoms with Gasteiger partial charge in [0, 0.05) is 16.1 Å². The highest BCUT2D eigenvalue weighted by Gasteiger charge is 2.10. The molecule has 18 heavy (non-hydrogen) atoms. The van der Waals surface area contributed by atoms with E-state index in [-0.39, 0.29) is 11.9 Å². The van der Waals surface area contributed by atoms with Crippen LogP contribution in [0.15, 0.2) is 22.7 Å². The number of unbranched alkanes of at least 4 members (excludes halogenated alkanes) is 2. The molecule has 0 aliphatic heterocycles. The minimum atomic E-state index is -0.138. The highest BCUT2D eigenvalue weighted by molar-refractivity contribution is 9.10. The van der Waals surface area contributed by atoms with Crippen molar-refractivity contribution in [3.63, 3.8) is 0 Å². The molecule has 1 atom stereocenters. The number of hydrogen-bond donors (Lipinski definition) is 1. The van der Waals surface area contributed by atoms with Crippen LogP contribution in [-0.4, -0.2) is 18.6 Å². The van der Waals surface area contributed by atoms with Crippen LogP contribution in [0.25, 0.3) is 0 Å². The molecule has 1 unspecified atom stereocenters. The molecular formula is C14H21BrFNS. The highest BCUT2D eigenvalue weighted by atomic mass is 79.9. The minimum absolute atomic E-state index is 0.0584. The number of halogens is 2. The Morgan fingerprint density at radius 2 is 2.11 bits per heavy atom. The molecule has 1 aromatic carbocycles. The van der Waals surface area contributed by atoms with Crippen molar-refractivity contribution in [2.24, 2.45) is 0 Å². The molecule has 0 saturated carbocycles. The third-order valence-corrected chi connectivity index (χ3v) is 4.09. The molecule has 1 rings (SSSR count). The monoisotopic (exact) mass is 333 g/mol. The zero-order valence-electron chi connectivity index (χ0n) is 11.0. The summed E-state index contributed by atoms with van der Waals surface area (Å²) in [5.41, 5.74) is 0.730. The van der Waals surface area contributed by atoms with Crippen molar-refractivity contribution in [1.82, 2.24) is 5.32 Å². The third-order valence-electron chi connectivity index (χ3n) is 2.90. The lowest BCUT2D eigenvalue weighted by atomic mass is 10.1. The van der Waals surface area contributed by atoms with Gasteiger partial charge in [-0.05, 0) is 56.5 Å². The SMILES string of the molecule is CSCCCCCNC(C)c1cc(Br)ccc1F. The summed E-state index contributed by atoms with van der Waals surface area (Å²) in [6, 6.07) is 5.15. The number of benzene rings is 1. The molecule has 0 spiro atoms. The number of hydrogen-bond acceptors (Lipinski definition) is 2. The Morgan fingerprint density at radius 3 is 2.83 bits per heavy atom.